The Balaban J connectivity index is 2.04. The Kier molecular flexibility index (Phi) is 4.06. The second kappa shape index (κ2) is 5.85. The summed E-state index contributed by atoms with van der Waals surface area (Å²) in [5.41, 5.74) is 1.06. The Morgan fingerprint density at radius 2 is 1.91 bits per heavy atom. The van der Waals surface area contributed by atoms with E-state index >= 15 is 0 Å². The van der Waals surface area contributed by atoms with Crippen LogP contribution in [0.3, 0.4) is 0 Å². The molecule has 1 aliphatic rings. The number of aryl methyl sites for hydroxylation is 1. The van der Waals surface area contributed by atoms with Gasteiger partial charge < -0.3 is 0 Å². The molecule has 1 aliphatic heterocycles. The summed E-state index contributed by atoms with van der Waals surface area (Å²) in [4.78, 5) is 0.268. The van der Waals surface area contributed by atoms with Gasteiger partial charge in [0.1, 0.15) is 4.90 Å². The van der Waals surface area contributed by atoms with Crippen molar-refractivity contribution >= 4 is 10.0 Å². The molecule has 2 unspecified atom stereocenters. The Bertz CT molecular complexity index is 740. The average molecular weight is 319 g/mol. The first-order valence-electron chi connectivity index (χ1n) is 7.57. The Hall–Kier alpha value is -1.66. The number of hydrogen-bond acceptors (Lipinski definition) is 3. The van der Waals surface area contributed by atoms with Crippen LogP contribution in [0, 0.1) is 0 Å². The molecular weight excluding hydrogens is 298 g/mol. The van der Waals surface area contributed by atoms with Gasteiger partial charge in [-0.1, -0.05) is 30.3 Å². The van der Waals surface area contributed by atoms with Crippen LogP contribution in [0.15, 0.2) is 47.6 Å². The summed E-state index contributed by atoms with van der Waals surface area (Å²) in [5, 5.41) is 4.01. The van der Waals surface area contributed by atoms with Gasteiger partial charge in [-0.2, -0.15) is 9.40 Å². The lowest BCUT2D eigenvalue weighted by molar-refractivity contribution is 0.193. The Morgan fingerprint density at radius 1 is 1.18 bits per heavy atom. The topological polar surface area (TPSA) is 55.2 Å². The fourth-order valence-electron chi connectivity index (χ4n) is 3.22. The van der Waals surface area contributed by atoms with Crippen molar-refractivity contribution in [2.45, 2.75) is 43.2 Å². The predicted molar refractivity (Wildman–Crippen MR) is 84.7 cm³/mol. The van der Waals surface area contributed by atoms with Crippen LogP contribution < -0.4 is 0 Å². The molecule has 0 spiro atoms. The van der Waals surface area contributed by atoms with Crippen molar-refractivity contribution in [3.63, 3.8) is 0 Å². The molecule has 118 valence electrons. The highest BCUT2D eigenvalue weighted by molar-refractivity contribution is 7.89. The lowest BCUT2D eigenvalue weighted by Crippen LogP contribution is -2.44. The minimum absolute atomic E-state index is 0.0100. The lowest BCUT2D eigenvalue weighted by Gasteiger charge is -2.39. The molecule has 1 aromatic carbocycles. The van der Waals surface area contributed by atoms with Gasteiger partial charge in [0, 0.05) is 19.3 Å². The molecule has 1 fully saturated rings. The molecule has 22 heavy (non-hydrogen) atoms. The highest BCUT2D eigenvalue weighted by atomic mass is 32.2. The molecule has 1 aromatic heterocycles. The summed E-state index contributed by atoms with van der Waals surface area (Å²) in [7, 11) is -1.81. The molecule has 5 nitrogen and oxygen atoms in total. The molecule has 2 heterocycles. The van der Waals surface area contributed by atoms with E-state index in [0.717, 1.165) is 24.8 Å². The third kappa shape index (κ3) is 2.68. The van der Waals surface area contributed by atoms with Crippen LogP contribution in [0.1, 0.15) is 37.8 Å². The average Bonchev–Trinajstić information content (AvgIpc) is 2.95. The number of aromatic nitrogens is 2. The lowest BCUT2D eigenvalue weighted by atomic mass is 9.94. The van der Waals surface area contributed by atoms with Crippen LogP contribution in [0.5, 0.6) is 0 Å². The zero-order valence-corrected chi connectivity index (χ0v) is 13.7. The van der Waals surface area contributed by atoms with Crippen molar-refractivity contribution in [3.05, 3.63) is 48.3 Å². The summed E-state index contributed by atoms with van der Waals surface area (Å²) in [6.45, 7) is 1.99. The first kappa shape index (κ1) is 15.2. The first-order valence-corrected chi connectivity index (χ1v) is 9.01. The van der Waals surface area contributed by atoms with Gasteiger partial charge in [0.05, 0.1) is 12.2 Å². The highest BCUT2D eigenvalue weighted by Crippen LogP contribution is 2.38. The zero-order chi connectivity index (χ0) is 15.7. The van der Waals surface area contributed by atoms with E-state index in [2.05, 4.69) is 5.10 Å². The van der Waals surface area contributed by atoms with Crippen molar-refractivity contribution in [2.24, 2.45) is 7.05 Å². The smallest absolute Gasteiger partial charge is 0.247 e. The maximum atomic E-state index is 13.1. The first-order chi connectivity index (χ1) is 10.5. The number of nitrogens with zero attached hydrogens (tertiary/aromatic N) is 3. The molecule has 2 aromatic rings. The van der Waals surface area contributed by atoms with Crippen molar-refractivity contribution in [1.29, 1.82) is 0 Å². The molecular formula is C16H21N3O2S. The minimum atomic E-state index is -3.54. The number of sulfonamides is 1. The van der Waals surface area contributed by atoms with Crippen LogP contribution in [-0.4, -0.2) is 28.5 Å². The molecule has 0 bridgehead atoms. The van der Waals surface area contributed by atoms with Crippen molar-refractivity contribution in [1.82, 2.24) is 14.1 Å². The highest BCUT2D eigenvalue weighted by Gasteiger charge is 2.39. The van der Waals surface area contributed by atoms with Crippen LogP contribution in [-0.2, 0) is 17.1 Å². The third-order valence-electron chi connectivity index (χ3n) is 4.28. The van der Waals surface area contributed by atoms with E-state index in [-0.39, 0.29) is 17.0 Å². The van der Waals surface area contributed by atoms with E-state index in [4.69, 9.17) is 0 Å². The molecule has 0 amide bonds. The molecule has 6 heteroatoms. The monoisotopic (exact) mass is 319 g/mol. The second-order valence-electron chi connectivity index (χ2n) is 5.89. The SMILES string of the molecule is CC1CCCC(c2ccccc2)N1S(=O)(=O)c1cnn(C)c1. The number of piperidine rings is 1. The number of rotatable bonds is 3. The van der Waals surface area contributed by atoms with Gasteiger partial charge in [-0.25, -0.2) is 8.42 Å². The summed E-state index contributed by atoms with van der Waals surface area (Å²) in [6, 6.07) is 9.78. The van der Waals surface area contributed by atoms with Gasteiger partial charge in [0.15, 0.2) is 0 Å². The number of benzene rings is 1. The minimum Gasteiger partial charge on any atom is -0.274 e. The van der Waals surface area contributed by atoms with Crippen LogP contribution >= 0.6 is 0 Å². The van der Waals surface area contributed by atoms with Crippen molar-refractivity contribution in [3.8, 4) is 0 Å². The molecule has 0 N–H and O–H groups in total. The maximum absolute atomic E-state index is 13.1. The molecule has 3 rings (SSSR count). The van der Waals surface area contributed by atoms with Crippen LogP contribution in [0.25, 0.3) is 0 Å². The van der Waals surface area contributed by atoms with Gasteiger partial charge in [-0.15, -0.1) is 0 Å². The van der Waals surface area contributed by atoms with E-state index < -0.39 is 10.0 Å². The van der Waals surface area contributed by atoms with E-state index in [1.807, 2.05) is 37.3 Å². The van der Waals surface area contributed by atoms with Crippen molar-refractivity contribution < 1.29 is 8.42 Å². The Morgan fingerprint density at radius 3 is 2.55 bits per heavy atom. The normalized spacial score (nSPS) is 23.5. The van der Waals surface area contributed by atoms with E-state index in [1.165, 1.54) is 10.9 Å². The molecule has 0 radical (unpaired) electrons. The maximum Gasteiger partial charge on any atom is 0.247 e. The third-order valence-corrected chi connectivity index (χ3v) is 6.26. The molecule has 2 atom stereocenters. The summed E-state index contributed by atoms with van der Waals surface area (Å²) >= 11 is 0. The molecule has 0 aliphatic carbocycles. The standard InChI is InChI=1S/C16H21N3O2S/c1-13-7-6-10-16(14-8-4-3-5-9-14)19(13)22(20,21)15-11-17-18(2)12-15/h3-5,8-9,11-13,16H,6-7,10H2,1-2H3. The largest absolute Gasteiger partial charge is 0.274 e. The van der Waals surface area contributed by atoms with Gasteiger partial charge in [0.2, 0.25) is 10.0 Å². The van der Waals surface area contributed by atoms with Gasteiger partial charge in [0.25, 0.3) is 0 Å². The summed E-state index contributed by atoms with van der Waals surface area (Å²) < 4.78 is 29.3. The fraction of sp³-hybridized carbons (Fsp3) is 0.438. The van der Waals surface area contributed by atoms with E-state index in [9.17, 15) is 8.42 Å². The number of hydrogen-bond donors (Lipinski definition) is 0. The Labute approximate surface area is 131 Å². The van der Waals surface area contributed by atoms with Gasteiger partial charge in [-0.3, -0.25) is 4.68 Å². The zero-order valence-electron chi connectivity index (χ0n) is 12.9. The molecule has 0 saturated carbocycles. The summed E-state index contributed by atoms with van der Waals surface area (Å²) in [5.74, 6) is 0. The quantitative estimate of drug-likeness (QED) is 0.874. The van der Waals surface area contributed by atoms with E-state index in [1.54, 1.807) is 17.5 Å². The van der Waals surface area contributed by atoms with Gasteiger partial charge >= 0.3 is 0 Å². The van der Waals surface area contributed by atoms with Crippen molar-refractivity contribution in [2.75, 3.05) is 0 Å². The van der Waals surface area contributed by atoms with E-state index in [0.29, 0.717) is 0 Å². The second-order valence-corrected chi connectivity index (χ2v) is 7.73. The predicted octanol–water partition coefficient (Wildman–Crippen LogP) is 2.72. The van der Waals surface area contributed by atoms with Crippen LogP contribution in [0.2, 0.25) is 0 Å². The molecule has 1 saturated heterocycles. The fourth-order valence-corrected chi connectivity index (χ4v) is 5.07. The van der Waals surface area contributed by atoms with Crippen LogP contribution in [0.4, 0.5) is 0 Å². The van der Waals surface area contributed by atoms with Gasteiger partial charge in [-0.05, 0) is 31.7 Å². The summed E-state index contributed by atoms with van der Waals surface area (Å²) in [6.07, 6.45) is 5.79.